The number of ether oxygens (including phenoxy) is 2. The number of aromatic nitrogens is 3. The Hall–Kier alpha value is -4.87. The van der Waals surface area contributed by atoms with Gasteiger partial charge in [0, 0.05) is 17.8 Å². The Morgan fingerprint density at radius 2 is 1.71 bits per heavy atom. The smallest absolute Gasteiger partial charge is 0.337 e. The average Bonchev–Trinajstić information content (AvgIpc) is 3.31. The molecule has 0 atom stereocenters. The summed E-state index contributed by atoms with van der Waals surface area (Å²) in [6.45, 7) is 0. The van der Waals surface area contributed by atoms with E-state index in [-0.39, 0.29) is 23.5 Å². The van der Waals surface area contributed by atoms with Crippen molar-refractivity contribution in [3.05, 3.63) is 83.9 Å². The molecule has 0 aliphatic rings. The number of rotatable bonds is 7. The van der Waals surface area contributed by atoms with Gasteiger partial charge in [-0.1, -0.05) is 5.10 Å². The molecule has 34 heavy (non-hydrogen) atoms. The third kappa shape index (κ3) is 5.30. The minimum absolute atomic E-state index is 0.161. The van der Waals surface area contributed by atoms with Crippen molar-refractivity contribution >= 4 is 29.3 Å². The van der Waals surface area contributed by atoms with Gasteiger partial charge in [-0.2, -0.15) is 0 Å². The fourth-order valence-corrected chi connectivity index (χ4v) is 2.66. The van der Waals surface area contributed by atoms with Gasteiger partial charge in [0.15, 0.2) is 11.6 Å². The Labute approximate surface area is 190 Å². The molecule has 12 heteroatoms. The van der Waals surface area contributed by atoms with Crippen molar-refractivity contribution in [1.82, 2.24) is 15.2 Å². The number of anilines is 3. The first kappa shape index (κ1) is 22.3. The summed E-state index contributed by atoms with van der Waals surface area (Å²) in [6, 6.07) is 12.3. The quantitative estimate of drug-likeness (QED) is 0.382. The number of amides is 1. The summed E-state index contributed by atoms with van der Waals surface area (Å²) in [5, 5.41) is 12.4. The second-order valence-corrected chi connectivity index (χ2v) is 6.62. The van der Waals surface area contributed by atoms with Crippen LogP contribution < -0.4 is 15.4 Å². The molecular formula is C22H15F2N5O5. The van der Waals surface area contributed by atoms with E-state index >= 15 is 0 Å². The normalized spacial score (nSPS) is 10.4. The highest BCUT2D eigenvalue weighted by molar-refractivity contribution is 6.00. The van der Waals surface area contributed by atoms with Gasteiger partial charge in [-0.15, -0.1) is 5.10 Å². The number of halogens is 2. The van der Waals surface area contributed by atoms with Gasteiger partial charge >= 0.3 is 23.8 Å². The van der Waals surface area contributed by atoms with E-state index in [2.05, 4.69) is 30.6 Å². The molecule has 0 bridgehead atoms. The highest BCUT2D eigenvalue weighted by Crippen LogP contribution is 2.22. The zero-order valence-electron chi connectivity index (χ0n) is 17.4. The largest absolute Gasteiger partial charge is 0.465 e. The first-order valence-corrected chi connectivity index (χ1v) is 9.60. The van der Waals surface area contributed by atoms with Crippen LogP contribution in [0.1, 0.15) is 21.0 Å². The number of esters is 1. The van der Waals surface area contributed by atoms with Crippen LogP contribution >= 0.6 is 0 Å². The summed E-state index contributed by atoms with van der Waals surface area (Å²) in [4.78, 5) is 27.9. The van der Waals surface area contributed by atoms with Gasteiger partial charge in [-0.25, -0.2) is 18.6 Å². The van der Waals surface area contributed by atoms with Gasteiger partial charge < -0.3 is 24.5 Å². The molecule has 1 amide bonds. The molecule has 2 heterocycles. The second kappa shape index (κ2) is 9.73. The molecular weight excluding hydrogens is 452 g/mol. The number of pyridine rings is 1. The zero-order valence-corrected chi connectivity index (χ0v) is 17.4. The van der Waals surface area contributed by atoms with E-state index in [4.69, 9.17) is 9.15 Å². The molecule has 4 rings (SSSR count). The lowest BCUT2D eigenvalue weighted by atomic mass is 10.2. The molecule has 0 spiro atoms. The van der Waals surface area contributed by atoms with Crippen LogP contribution in [-0.2, 0) is 4.74 Å². The van der Waals surface area contributed by atoms with E-state index in [0.29, 0.717) is 17.0 Å². The summed E-state index contributed by atoms with van der Waals surface area (Å²) in [5.74, 6) is -2.89. The number of nitrogens with zero attached hydrogens (tertiary/aromatic N) is 3. The number of hydrogen-bond acceptors (Lipinski definition) is 9. The van der Waals surface area contributed by atoms with Gasteiger partial charge in [0.25, 0.3) is 0 Å². The highest BCUT2D eigenvalue weighted by atomic mass is 19.2. The highest BCUT2D eigenvalue weighted by Gasteiger charge is 2.16. The number of nitrogens with one attached hydrogen (secondary N) is 2. The molecule has 0 saturated carbocycles. The molecule has 10 nitrogen and oxygen atoms in total. The minimum Gasteiger partial charge on any atom is -0.465 e. The molecule has 172 valence electrons. The SMILES string of the molecule is COC(=O)c1ccc(Oc2ccc(NC(=O)c3nnc(Nc4ccc(F)c(F)c4)o3)cn2)cc1. The fourth-order valence-electron chi connectivity index (χ4n) is 2.66. The van der Waals surface area contributed by atoms with Crippen molar-refractivity contribution in [3.8, 4) is 11.6 Å². The molecule has 0 radical (unpaired) electrons. The monoisotopic (exact) mass is 467 g/mol. The number of benzene rings is 2. The van der Waals surface area contributed by atoms with Crippen LogP contribution in [0.5, 0.6) is 11.6 Å². The average molecular weight is 467 g/mol. The van der Waals surface area contributed by atoms with E-state index in [9.17, 15) is 18.4 Å². The van der Waals surface area contributed by atoms with Crippen molar-refractivity contribution in [2.45, 2.75) is 0 Å². The van der Waals surface area contributed by atoms with Crippen LogP contribution in [0.4, 0.5) is 26.2 Å². The summed E-state index contributed by atoms with van der Waals surface area (Å²) < 4.78 is 41.7. The lowest BCUT2D eigenvalue weighted by Gasteiger charge is -2.07. The fraction of sp³-hybridized carbons (Fsp3) is 0.0455. The van der Waals surface area contributed by atoms with Crippen molar-refractivity contribution in [2.75, 3.05) is 17.7 Å². The number of carbonyl (C=O) groups excluding carboxylic acids is 2. The maximum absolute atomic E-state index is 13.3. The van der Waals surface area contributed by atoms with Gasteiger partial charge in [-0.3, -0.25) is 4.79 Å². The first-order chi connectivity index (χ1) is 16.4. The lowest BCUT2D eigenvalue weighted by Crippen LogP contribution is -2.12. The number of hydrogen-bond donors (Lipinski definition) is 2. The summed E-state index contributed by atoms with van der Waals surface area (Å²) in [7, 11) is 1.29. The summed E-state index contributed by atoms with van der Waals surface area (Å²) in [6.07, 6.45) is 1.35. The number of methoxy groups -OCH3 is 1. The van der Waals surface area contributed by atoms with Crippen molar-refractivity contribution in [3.63, 3.8) is 0 Å². The van der Waals surface area contributed by atoms with E-state index in [1.165, 1.54) is 25.4 Å². The van der Waals surface area contributed by atoms with Crippen LogP contribution in [0, 0.1) is 11.6 Å². The molecule has 0 unspecified atom stereocenters. The van der Waals surface area contributed by atoms with E-state index in [1.54, 1.807) is 30.3 Å². The third-order valence-corrected chi connectivity index (χ3v) is 4.28. The predicted octanol–water partition coefficient (Wildman–Crippen LogP) is 4.32. The first-order valence-electron chi connectivity index (χ1n) is 9.60. The molecule has 0 aliphatic heterocycles. The Balaban J connectivity index is 1.34. The lowest BCUT2D eigenvalue weighted by molar-refractivity contribution is 0.0600. The summed E-state index contributed by atoms with van der Waals surface area (Å²) >= 11 is 0. The van der Waals surface area contributed by atoms with E-state index < -0.39 is 23.5 Å². The Morgan fingerprint density at radius 1 is 0.941 bits per heavy atom. The van der Waals surface area contributed by atoms with Gasteiger partial charge in [0.05, 0.1) is 24.6 Å². The van der Waals surface area contributed by atoms with Crippen LogP contribution in [-0.4, -0.2) is 34.2 Å². The maximum Gasteiger partial charge on any atom is 0.337 e. The van der Waals surface area contributed by atoms with Gasteiger partial charge in [-0.05, 0) is 42.5 Å². The van der Waals surface area contributed by atoms with Crippen LogP contribution in [0.15, 0.2) is 65.2 Å². The molecule has 2 aromatic carbocycles. The number of carbonyl (C=O) groups is 2. The maximum atomic E-state index is 13.3. The van der Waals surface area contributed by atoms with Crippen LogP contribution in [0.3, 0.4) is 0 Å². The Morgan fingerprint density at radius 3 is 2.38 bits per heavy atom. The molecule has 4 aromatic rings. The minimum atomic E-state index is -1.05. The Kier molecular flexibility index (Phi) is 6.39. The molecule has 0 fully saturated rings. The predicted molar refractivity (Wildman–Crippen MR) is 114 cm³/mol. The summed E-state index contributed by atoms with van der Waals surface area (Å²) in [5.41, 5.74) is 0.867. The molecule has 2 N–H and O–H groups in total. The molecule has 0 saturated heterocycles. The third-order valence-electron chi connectivity index (χ3n) is 4.28. The zero-order chi connectivity index (χ0) is 24.1. The van der Waals surface area contributed by atoms with E-state index in [0.717, 1.165) is 12.1 Å². The van der Waals surface area contributed by atoms with Crippen molar-refractivity contribution in [2.24, 2.45) is 0 Å². The van der Waals surface area contributed by atoms with Crippen LogP contribution in [0.25, 0.3) is 0 Å². The van der Waals surface area contributed by atoms with Crippen LogP contribution in [0.2, 0.25) is 0 Å². The molecule has 2 aromatic heterocycles. The molecule has 0 aliphatic carbocycles. The van der Waals surface area contributed by atoms with Crippen molar-refractivity contribution < 1.29 is 32.3 Å². The van der Waals surface area contributed by atoms with Gasteiger partial charge in [0.2, 0.25) is 5.88 Å². The second-order valence-electron chi connectivity index (χ2n) is 6.62. The van der Waals surface area contributed by atoms with E-state index in [1.807, 2.05) is 0 Å². The Bertz CT molecular complexity index is 1330. The van der Waals surface area contributed by atoms with Gasteiger partial charge in [0.1, 0.15) is 5.75 Å². The standard InChI is InChI=1S/C22H15F2N5O5/c1-32-21(31)12-2-6-15(7-3-12)33-18-9-5-14(11-25-18)26-19(30)20-28-29-22(34-20)27-13-4-8-16(23)17(24)10-13/h2-11H,1H3,(H,26,30)(H,27,29). The topological polar surface area (TPSA) is 128 Å². The van der Waals surface area contributed by atoms with Crippen molar-refractivity contribution in [1.29, 1.82) is 0 Å².